The summed E-state index contributed by atoms with van der Waals surface area (Å²) in [4.78, 5) is 0. The van der Waals surface area contributed by atoms with E-state index in [-0.39, 0.29) is 0 Å². The van der Waals surface area contributed by atoms with E-state index in [1.807, 2.05) is 0 Å². The Bertz CT molecular complexity index is 1630. The first kappa shape index (κ1) is 48.0. The van der Waals surface area contributed by atoms with Crippen molar-refractivity contribution in [3.8, 4) is 0 Å². The van der Waals surface area contributed by atoms with Crippen LogP contribution in [-0.4, -0.2) is 36.5 Å². The largest absolute Gasteiger partial charge is 0.456 e. The molecule has 0 radical (unpaired) electrons. The lowest BCUT2D eigenvalue weighted by molar-refractivity contribution is -0.496. The highest BCUT2D eigenvalue weighted by Crippen LogP contribution is 2.51. The Hall–Kier alpha value is -4.05. The summed E-state index contributed by atoms with van der Waals surface area (Å²) in [5, 5.41) is 0. The van der Waals surface area contributed by atoms with Gasteiger partial charge in [0.15, 0.2) is 23.6 Å². The molecule has 0 bridgehead atoms. The molecule has 0 aliphatic heterocycles. The molecule has 0 saturated carbocycles. The molecule has 0 aromatic carbocycles. The normalized spacial score (nSPS) is 19.3. The highest BCUT2D eigenvalue weighted by atomic mass is 19.4. The van der Waals surface area contributed by atoms with Crippen molar-refractivity contribution in [2.24, 2.45) is 0 Å². The van der Waals surface area contributed by atoms with Gasteiger partial charge >= 0.3 is 30.4 Å². The van der Waals surface area contributed by atoms with Crippen molar-refractivity contribution in [2.75, 3.05) is 0 Å². The van der Waals surface area contributed by atoms with E-state index >= 15 is 0 Å². The van der Waals surface area contributed by atoms with Gasteiger partial charge in [0.05, 0.1) is 0 Å². The van der Waals surface area contributed by atoms with Gasteiger partial charge in [-0.05, 0) is 6.92 Å². The van der Waals surface area contributed by atoms with Gasteiger partial charge in [-0.15, -0.1) is 0 Å². The van der Waals surface area contributed by atoms with E-state index in [1.54, 1.807) is 4.74 Å². The van der Waals surface area contributed by atoms with Gasteiger partial charge in [0, 0.05) is 0 Å². The van der Waals surface area contributed by atoms with Crippen molar-refractivity contribution in [3.05, 3.63) is 93.7 Å². The highest BCUT2D eigenvalue weighted by Gasteiger charge is 2.73. The predicted octanol–water partition coefficient (Wildman–Crippen LogP) is 13.2. The zero-order chi connectivity index (χ0) is 41.9. The van der Waals surface area contributed by atoms with Crippen LogP contribution in [0.4, 0.5) is 119 Å². The van der Waals surface area contributed by atoms with Crippen LogP contribution in [0.25, 0.3) is 0 Å². The standard InChI is InChI=1S/C23H5F27O2/c1-3(20(41,42)43)51-22(47,48)23(49,50)52-19(40,21(44,45)46)18(39)17(38)16(37)15(36)14(35)13(34)12(33)11(32)10(31)9(30)8(29)7(28)6(27)5(26)4(25)2-24/h2-3H,1H3/b4-2-,6-5+,8-7+,10-9+,12-11+,14-13+,16-15+,18-17+. The summed E-state index contributed by atoms with van der Waals surface area (Å²) in [6, 6.07) is 0. The molecular formula is C23H5F27O2. The van der Waals surface area contributed by atoms with Crippen LogP contribution in [-0.2, 0) is 9.47 Å². The lowest BCUT2D eigenvalue weighted by Gasteiger charge is -2.34. The van der Waals surface area contributed by atoms with E-state index in [1.165, 1.54) is 0 Å². The maximum Gasteiger partial charge on any atom is 0.456 e. The summed E-state index contributed by atoms with van der Waals surface area (Å²) < 4.78 is 363. The first-order chi connectivity index (χ1) is 23.1. The van der Waals surface area contributed by atoms with Gasteiger partial charge in [0.2, 0.25) is 69.9 Å². The van der Waals surface area contributed by atoms with E-state index in [0.29, 0.717) is 0 Å². The van der Waals surface area contributed by atoms with Crippen molar-refractivity contribution in [1.29, 1.82) is 0 Å². The molecule has 0 spiro atoms. The minimum atomic E-state index is -7.77. The molecule has 0 aromatic rings. The van der Waals surface area contributed by atoms with Crippen LogP contribution in [0.3, 0.4) is 0 Å². The van der Waals surface area contributed by atoms with Gasteiger partial charge in [0.25, 0.3) is 0 Å². The maximum atomic E-state index is 14.2. The molecule has 0 fully saturated rings. The minimum Gasteiger partial charge on any atom is -0.301 e. The Morgan fingerprint density at radius 3 is 0.942 bits per heavy atom. The van der Waals surface area contributed by atoms with E-state index in [4.69, 9.17) is 0 Å². The molecule has 2 unspecified atom stereocenters. The number of ether oxygens (including phenoxy) is 2. The maximum absolute atomic E-state index is 14.2. The summed E-state index contributed by atoms with van der Waals surface area (Å²) in [6.45, 7) is -0.539. The fourth-order valence-corrected chi connectivity index (χ4v) is 2.27. The summed E-state index contributed by atoms with van der Waals surface area (Å²) in [5.74, 6) is -68.9. The smallest absolute Gasteiger partial charge is 0.301 e. The van der Waals surface area contributed by atoms with E-state index in [0.717, 1.165) is 0 Å². The Morgan fingerprint density at radius 1 is 0.423 bits per heavy atom. The molecular weight excluding hydrogens is 821 g/mol. The van der Waals surface area contributed by atoms with Crippen molar-refractivity contribution < 1.29 is 128 Å². The van der Waals surface area contributed by atoms with Crippen LogP contribution >= 0.6 is 0 Å². The zero-order valence-electron chi connectivity index (χ0n) is 23.2. The predicted molar refractivity (Wildman–Crippen MR) is 112 cm³/mol. The van der Waals surface area contributed by atoms with Crippen molar-refractivity contribution in [1.82, 2.24) is 0 Å². The average Bonchev–Trinajstić information content (AvgIpc) is 3.04. The van der Waals surface area contributed by atoms with Crippen LogP contribution in [0.5, 0.6) is 0 Å². The summed E-state index contributed by atoms with van der Waals surface area (Å²) in [5.41, 5.74) is 0. The zero-order valence-corrected chi connectivity index (χ0v) is 23.2. The second-order valence-corrected chi connectivity index (χ2v) is 8.38. The summed E-state index contributed by atoms with van der Waals surface area (Å²) >= 11 is 0. The lowest BCUT2D eigenvalue weighted by atomic mass is 10.2. The molecule has 0 aliphatic carbocycles. The van der Waals surface area contributed by atoms with Gasteiger partial charge < -0.3 is 4.74 Å². The quantitative estimate of drug-likeness (QED) is 0.136. The second kappa shape index (κ2) is 16.7. The SMILES string of the molecule is CC(OC(F)(F)C(F)(F)OC(F)(/C(F)=C(F)/C(F)=C(F)/C(F)=C(F)/C(F)=C(F)/C(F)=C(F)/C(F)=C(F)/C(F)=C(F)/C(F)=C/F)C(F)(F)F)C(F)(F)F. The number of hydrogen-bond acceptors (Lipinski definition) is 2. The van der Waals surface area contributed by atoms with E-state index in [9.17, 15) is 119 Å². The number of rotatable bonds is 13. The average molecular weight is 826 g/mol. The fourth-order valence-electron chi connectivity index (χ4n) is 2.27. The molecule has 0 heterocycles. The Morgan fingerprint density at radius 2 is 0.692 bits per heavy atom. The molecule has 0 rings (SSSR count). The van der Waals surface area contributed by atoms with Crippen molar-refractivity contribution >= 4 is 0 Å². The van der Waals surface area contributed by atoms with E-state index < -0.39 is 137 Å². The third-order valence-corrected chi connectivity index (χ3v) is 4.85. The summed E-state index contributed by atoms with van der Waals surface area (Å²) in [7, 11) is 0. The number of allylic oxidation sites excluding steroid dienone is 14. The number of hydrogen-bond donors (Lipinski definition) is 0. The third kappa shape index (κ3) is 10.3. The Kier molecular flexibility index (Phi) is 15.4. The van der Waals surface area contributed by atoms with Crippen molar-refractivity contribution in [2.45, 2.75) is 43.5 Å². The fraction of sp³-hybridized carbons (Fsp3) is 0.304. The first-order valence-corrected chi connectivity index (χ1v) is 11.4. The Labute approximate surface area is 266 Å². The molecule has 0 amide bonds. The number of alkyl halides is 11. The van der Waals surface area contributed by atoms with Gasteiger partial charge in [0.1, 0.15) is 6.33 Å². The molecule has 0 N–H and O–H groups in total. The highest BCUT2D eigenvalue weighted by molar-refractivity contribution is 5.45. The van der Waals surface area contributed by atoms with Gasteiger partial charge in [-0.3, -0.25) is 4.74 Å². The topological polar surface area (TPSA) is 18.5 Å². The van der Waals surface area contributed by atoms with Crippen LogP contribution in [0.2, 0.25) is 0 Å². The van der Waals surface area contributed by atoms with Crippen LogP contribution in [0.15, 0.2) is 93.7 Å². The number of halogens is 27. The lowest BCUT2D eigenvalue weighted by Crippen LogP contribution is -2.56. The monoisotopic (exact) mass is 826 g/mol. The van der Waals surface area contributed by atoms with Gasteiger partial charge in [-0.1, -0.05) is 0 Å². The van der Waals surface area contributed by atoms with E-state index in [2.05, 4.69) is 4.74 Å². The third-order valence-electron chi connectivity index (χ3n) is 4.85. The second-order valence-electron chi connectivity index (χ2n) is 8.38. The molecule has 52 heavy (non-hydrogen) atoms. The first-order valence-electron chi connectivity index (χ1n) is 11.4. The molecule has 29 heteroatoms. The van der Waals surface area contributed by atoms with Crippen LogP contribution in [0.1, 0.15) is 6.92 Å². The molecule has 298 valence electrons. The van der Waals surface area contributed by atoms with Crippen LogP contribution in [0, 0.1) is 0 Å². The molecule has 2 atom stereocenters. The van der Waals surface area contributed by atoms with Gasteiger partial charge in [-0.25, -0.2) is 70.2 Å². The molecule has 2 nitrogen and oxygen atoms in total. The van der Waals surface area contributed by atoms with Crippen molar-refractivity contribution in [3.63, 3.8) is 0 Å². The molecule has 0 saturated heterocycles. The molecule has 0 aromatic heterocycles. The molecule has 0 aliphatic rings. The minimum absolute atomic E-state index is 0.539. The van der Waals surface area contributed by atoms with Crippen LogP contribution < -0.4 is 0 Å². The Balaban J connectivity index is 7.31. The summed E-state index contributed by atoms with van der Waals surface area (Å²) in [6.07, 6.45) is -34.1. The van der Waals surface area contributed by atoms with Gasteiger partial charge in [-0.2, -0.15) is 48.3 Å².